The van der Waals surface area contributed by atoms with E-state index in [9.17, 15) is 13.2 Å². The Hall–Kier alpha value is -1.01. The molecule has 6 heteroatoms. The van der Waals surface area contributed by atoms with Crippen LogP contribution in [0.3, 0.4) is 0 Å². The van der Waals surface area contributed by atoms with Crippen LogP contribution < -0.4 is 5.32 Å². The minimum absolute atomic E-state index is 0.0330. The number of nitrogens with zero attached hydrogens (tertiary/aromatic N) is 1. The molecule has 2 heterocycles. The van der Waals surface area contributed by atoms with Crippen LogP contribution in [0.5, 0.6) is 0 Å². The molecule has 16 heavy (non-hydrogen) atoms. The fourth-order valence-electron chi connectivity index (χ4n) is 1.94. The van der Waals surface area contributed by atoms with E-state index < -0.39 is 12.2 Å². The molecular formula is C10H13F3N2O. The fourth-order valence-corrected chi connectivity index (χ4v) is 1.94. The summed E-state index contributed by atoms with van der Waals surface area (Å²) in [6.07, 6.45) is -3.02. The molecule has 1 saturated heterocycles. The number of furan rings is 1. The zero-order valence-corrected chi connectivity index (χ0v) is 8.63. The third-order valence-corrected chi connectivity index (χ3v) is 2.64. The molecule has 3 nitrogen and oxygen atoms in total. The largest absolute Gasteiger partial charge is 0.467 e. The maximum absolute atomic E-state index is 12.9. The third-order valence-electron chi connectivity index (χ3n) is 2.64. The molecule has 2 rings (SSSR count). The Morgan fingerprint density at radius 2 is 2.00 bits per heavy atom. The number of rotatable bonds is 2. The molecule has 0 bridgehead atoms. The topological polar surface area (TPSA) is 28.4 Å². The van der Waals surface area contributed by atoms with Crippen LogP contribution in [0, 0.1) is 0 Å². The summed E-state index contributed by atoms with van der Waals surface area (Å²) >= 11 is 0. The van der Waals surface area contributed by atoms with E-state index in [1.165, 1.54) is 23.3 Å². The second kappa shape index (κ2) is 4.47. The summed E-state index contributed by atoms with van der Waals surface area (Å²) < 4.78 is 43.7. The number of hydrogen-bond donors (Lipinski definition) is 1. The van der Waals surface area contributed by atoms with E-state index in [0.29, 0.717) is 26.2 Å². The number of hydrogen-bond acceptors (Lipinski definition) is 3. The van der Waals surface area contributed by atoms with Crippen LogP contribution in [0.4, 0.5) is 13.2 Å². The first-order chi connectivity index (χ1) is 7.59. The standard InChI is InChI=1S/C10H13F3N2O/c11-10(12,13)9(8-2-1-7-16-8)15-5-3-14-4-6-15/h1-2,7,9,14H,3-6H2/t9-/m1/s1. The molecular weight excluding hydrogens is 221 g/mol. The molecule has 0 aliphatic carbocycles. The first kappa shape index (κ1) is 11.5. The van der Waals surface area contributed by atoms with Crippen molar-refractivity contribution in [3.63, 3.8) is 0 Å². The zero-order chi connectivity index (χ0) is 11.6. The minimum Gasteiger partial charge on any atom is -0.467 e. The molecule has 1 N–H and O–H groups in total. The van der Waals surface area contributed by atoms with Gasteiger partial charge in [0.2, 0.25) is 0 Å². The van der Waals surface area contributed by atoms with E-state index in [1.807, 2.05) is 0 Å². The molecule has 1 aromatic heterocycles. The van der Waals surface area contributed by atoms with Crippen LogP contribution in [0.2, 0.25) is 0 Å². The number of halogens is 3. The maximum Gasteiger partial charge on any atom is 0.411 e. The summed E-state index contributed by atoms with van der Waals surface area (Å²) in [5.74, 6) is -0.0330. The van der Waals surface area contributed by atoms with Crippen molar-refractivity contribution in [2.45, 2.75) is 12.2 Å². The Morgan fingerprint density at radius 1 is 1.31 bits per heavy atom. The van der Waals surface area contributed by atoms with E-state index in [2.05, 4.69) is 5.32 Å². The van der Waals surface area contributed by atoms with E-state index in [-0.39, 0.29) is 5.76 Å². The molecule has 90 valence electrons. The Balaban J connectivity index is 2.21. The van der Waals surface area contributed by atoms with Crippen molar-refractivity contribution >= 4 is 0 Å². The van der Waals surface area contributed by atoms with Gasteiger partial charge in [-0.3, -0.25) is 4.90 Å². The maximum atomic E-state index is 12.9. The number of alkyl halides is 3. The van der Waals surface area contributed by atoms with Crippen LogP contribution >= 0.6 is 0 Å². The lowest BCUT2D eigenvalue weighted by molar-refractivity contribution is -0.192. The van der Waals surface area contributed by atoms with Crippen LogP contribution in [0.15, 0.2) is 22.8 Å². The van der Waals surface area contributed by atoms with Gasteiger partial charge in [0, 0.05) is 26.2 Å². The molecule has 0 saturated carbocycles. The highest BCUT2D eigenvalue weighted by Crippen LogP contribution is 2.37. The second-order valence-electron chi connectivity index (χ2n) is 3.75. The Bertz CT molecular complexity index is 317. The Labute approximate surface area is 91.2 Å². The highest BCUT2D eigenvalue weighted by Gasteiger charge is 2.46. The van der Waals surface area contributed by atoms with Gasteiger partial charge in [-0.1, -0.05) is 0 Å². The second-order valence-corrected chi connectivity index (χ2v) is 3.75. The quantitative estimate of drug-likeness (QED) is 0.845. The molecule has 1 aliphatic heterocycles. The SMILES string of the molecule is FC(F)(F)[C@@H](c1ccco1)N1CCNCC1. The van der Waals surface area contributed by atoms with Crippen LogP contribution in [0.1, 0.15) is 11.8 Å². The normalized spacial score (nSPS) is 20.9. The molecule has 1 aliphatic rings. The van der Waals surface area contributed by atoms with Gasteiger partial charge in [-0.2, -0.15) is 13.2 Å². The van der Waals surface area contributed by atoms with Crippen molar-refractivity contribution in [3.05, 3.63) is 24.2 Å². The van der Waals surface area contributed by atoms with Gasteiger partial charge in [-0.05, 0) is 12.1 Å². The minimum atomic E-state index is -4.30. The molecule has 1 atom stereocenters. The number of nitrogens with one attached hydrogen (secondary N) is 1. The average Bonchev–Trinajstić information content (AvgIpc) is 2.71. The zero-order valence-electron chi connectivity index (χ0n) is 8.63. The third kappa shape index (κ3) is 2.38. The van der Waals surface area contributed by atoms with Crippen LogP contribution in [0.25, 0.3) is 0 Å². The van der Waals surface area contributed by atoms with Crippen molar-refractivity contribution in [1.29, 1.82) is 0 Å². The highest BCUT2D eigenvalue weighted by molar-refractivity contribution is 5.07. The first-order valence-corrected chi connectivity index (χ1v) is 5.14. The molecule has 1 fully saturated rings. The molecule has 1 aromatic rings. The summed E-state index contributed by atoms with van der Waals surface area (Å²) in [5, 5.41) is 3.03. The van der Waals surface area contributed by atoms with Gasteiger partial charge in [0.05, 0.1) is 6.26 Å². The van der Waals surface area contributed by atoms with Gasteiger partial charge >= 0.3 is 6.18 Å². The van der Waals surface area contributed by atoms with Crippen molar-refractivity contribution in [2.24, 2.45) is 0 Å². The lowest BCUT2D eigenvalue weighted by Crippen LogP contribution is -2.48. The summed E-state index contributed by atoms with van der Waals surface area (Å²) in [4.78, 5) is 1.40. The fraction of sp³-hybridized carbons (Fsp3) is 0.600. The van der Waals surface area contributed by atoms with Gasteiger partial charge in [0.15, 0.2) is 6.04 Å². The first-order valence-electron chi connectivity index (χ1n) is 5.14. The van der Waals surface area contributed by atoms with Crippen molar-refractivity contribution in [3.8, 4) is 0 Å². The van der Waals surface area contributed by atoms with Crippen molar-refractivity contribution in [1.82, 2.24) is 10.2 Å². The van der Waals surface area contributed by atoms with E-state index >= 15 is 0 Å². The number of piperazine rings is 1. The Kier molecular flexibility index (Phi) is 3.20. The summed E-state index contributed by atoms with van der Waals surface area (Å²) in [7, 11) is 0. The van der Waals surface area contributed by atoms with Gasteiger partial charge in [-0.15, -0.1) is 0 Å². The van der Waals surface area contributed by atoms with Crippen LogP contribution in [-0.4, -0.2) is 37.3 Å². The lowest BCUT2D eigenvalue weighted by atomic mass is 10.1. The highest BCUT2D eigenvalue weighted by atomic mass is 19.4. The molecule has 0 spiro atoms. The Morgan fingerprint density at radius 3 is 2.50 bits per heavy atom. The van der Waals surface area contributed by atoms with Gasteiger partial charge in [-0.25, -0.2) is 0 Å². The van der Waals surface area contributed by atoms with E-state index in [1.54, 1.807) is 0 Å². The van der Waals surface area contributed by atoms with Gasteiger partial charge < -0.3 is 9.73 Å². The van der Waals surface area contributed by atoms with Crippen molar-refractivity contribution in [2.75, 3.05) is 26.2 Å². The average molecular weight is 234 g/mol. The smallest absolute Gasteiger partial charge is 0.411 e. The summed E-state index contributed by atoms with van der Waals surface area (Å²) in [5.41, 5.74) is 0. The summed E-state index contributed by atoms with van der Waals surface area (Å²) in [6, 6.07) is 1.24. The molecule has 0 aromatic carbocycles. The van der Waals surface area contributed by atoms with E-state index in [4.69, 9.17) is 4.42 Å². The molecule has 0 amide bonds. The van der Waals surface area contributed by atoms with Crippen molar-refractivity contribution < 1.29 is 17.6 Å². The van der Waals surface area contributed by atoms with Crippen LogP contribution in [-0.2, 0) is 0 Å². The molecule has 0 radical (unpaired) electrons. The predicted molar refractivity (Wildman–Crippen MR) is 51.9 cm³/mol. The van der Waals surface area contributed by atoms with E-state index in [0.717, 1.165) is 0 Å². The monoisotopic (exact) mass is 234 g/mol. The predicted octanol–water partition coefficient (Wildman–Crippen LogP) is 1.79. The van der Waals surface area contributed by atoms with Gasteiger partial charge in [0.1, 0.15) is 5.76 Å². The lowest BCUT2D eigenvalue weighted by Gasteiger charge is -2.34. The molecule has 0 unspecified atom stereocenters. The van der Waals surface area contributed by atoms with Gasteiger partial charge in [0.25, 0.3) is 0 Å². The summed E-state index contributed by atoms with van der Waals surface area (Å²) in [6.45, 7) is 1.91.